The van der Waals surface area contributed by atoms with Crippen LogP contribution in [0.25, 0.3) is 0 Å². The molecule has 0 aromatic heterocycles. The van der Waals surface area contributed by atoms with E-state index in [-0.39, 0.29) is 5.75 Å². The van der Waals surface area contributed by atoms with Crippen LogP contribution in [0.15, 0.2) is 4.99 Å². The molecule has 1 heterocycles. The molecule has 0 aromatic carbocycles. The minimum absolute atomic E-state index is 0.211. The van der Waals surface area contributed by atoms with Gasteiger partial charge in [-0.3, -0.25) is 4.99 Å². The van der Waals surface area contributed by atoms with E-state index in [2.05, 4.69) is 10.2 Å². The number of guanidine groups is 1. The lowest BCUT2D eigenvalue weighted by atomic mass is 9.85. The van der Waals surface area contributed by atoms with Crippen LogP contribution in [-0.2, 0) is 9.84 Å². The van der Waals surface area contributed by atoms with E-state index in [1.165, 1.54) is 19.3 Å². The van der Waals surface area contributed by atoms with Gasteiger partial charge in [-0.1, -0.05) is 38.5 Å². The quantitative estimate of drug-likeness (QED) is 0.560. The second-order valence-corrected chi connectivity index (χ2v) is 11.1. The molecule has 2 N–H and O–H groups in total. The maximum absolute atomic E-state index is 12.8. The molecule has 2 aliphatic carbocycles. The summed E-state index contributed by atoms with van der Waals surface area (Å²) in [6, 6.07) is 0. The Hall–Kier alpha value is -0.820. The molecular weight excluding hydrogens is 362 g/mol. The van der Waals surface area contributed by atoms with Crippen LogP contribution >= 0.6 is 0 Å². The van der Waals surface area contributed by atoms with Gasteiger partial charge in [0, 0.05) is 19.6 Å². The van der Waals surface area contributed by atoms with Crippen LogP contribution in [0.4, 0.5) is 0 Å². The minimum Gasteiger partial charge on any atom is -0.391 e. The maximum atomic E-state index is 12.8. The van der Waals surface area contributed by atoms with E-state index in [1.54, 1.807) is 0 Å². The van der Waals surface area contributed by atoms with Crippen LogP contribution in [-0.4, -0.2) is 67.2 Å². The van der Waals surface area contributed by atoms with Gasteiger partial charge in [-0.05, 0) is 38.5 Å². The van der Waals surface area contributed by atoms with Gasteiger partial charge in [0.25, 0.3) is 0 Å². The summed E-state index contributed by atoms with van der Waals surface area (Å²) in [4.78, 5) is 6.85. The van der Waals surface area contributed by atoms with Gasteiger partial charge in [0.2, 0.25) is 0 Å². The molecular formula is C20H37N3O3S. The molecule has 3 rings (SSSR count). The van der Waals surface area contributed by atoms with Crippen molar-refractivity contribution < 1.29 is 13.5 Å². The van der Waals surface area contributed by atoms with Crippen molar-refractivity contribution in [3.8, 4) is 0 Å². The topological polar surface area (TPSA) is 82.0 Å². The van der Waals surface area contributed by atoms with Gasteiger partial charge < -0.3 is 15.3 Å². The Morgan fingerprint density at radius 2 is 1.85 bits per heavy atom. The van der Waals surface area contributed by atoms with Gasteiger partial charge in [-0.15, -0.1) is 0 Å². The Kier molecular flexibility index (Phi) is 7.06. The molecule has 1 atom stereocenters. The largest absolute Gasteiger partial charge is 0.391 e. The Labute approximate surface area is 164 Å². The summed E-state index contributed by atoms with van der Waals surface area (Å²) in [6.07, 6.45) is 10.2. The lowest BCUT2D eigenvalue weighted by molar-refractivity contribution is 0.0920. The molecule has 1 saturated heterocycles. The first kappa shape index (κ1) is 20.9. The molecule has 0 amide bonds. The van der Waals surface area contributed by atoms with Gasteiger partial charge >= 0.3 is 0 Å². The van der Waals surface area contributed by atoms with E-state index in [0.29, 0.717) is 25.6 Å². The smallest absolute Gasteiger partial charge is 0.194 e. The number of aliphatic hydroxyl groups excluding tert-OH is 1. The Morgan fingerprint density at radius 3 is 2.52 bits per heavy atom. The van der Waals surface area contributed by atoms with Crippen molar-refractivity contribution in [2.75, 3.05) is 31.9 Å². The normalized spacial score (nSPS) is 27.5. The highest BCUT2D eigenvalue weighted by molar-refractivity contribution is 7.92. The summed E-state index contributed by atoms with van der Waals surface area (Å²) in [6.45, 7) is 4.22. The predicted molar refractivity (Wildman–Crippen MR) is 110 cm³/mol. The number of hydrogen-bond acceptors (Lipinski definition) is 4. The highest BCUT2D eigenvalue weighted by atomic mass is 32.2. The van der Waals surface area contributed by atoms with Crippen LogP contribution in [0.3, 0.4) is 0 Å². The average molecular weight is 400 g/mol. The van der Waals surface area contributed by atoms with Crippen LogP contribution < -0.4 is 5.32 Å². The second kappa shape index (κ2) is 9.12. The van der Waals surface area contributed by atoms with Crippen LogP contribution in [0.1, 0.15) is 71.1 Å². The van der Waals surface area contributed by atoms with Gasteiger partial charge in [-0.2, -0.15) is 0 Å². The first-order valence-electron chi connectivity index (χ1n) is 10.9. The molecule has 156 valence electrons. The average Bonchev–Trinajstić information content (AvgIpc) is 2.69. The van der Waals surface area contributed by atoms with Gasteiger partial charge in [0.05, 0.1) is 23.1 Å². The van der Waals surface area contributed by atoms with Crippen molar-refractivity contribution in [3.63, 3.8) is 0 Å². The monoisotopic (exact) mass is 399 g/mol. The molecule has 1 aliphatic heterocycles. The molecule has 0 aromatic rings. The summed E-state index contributed by atoms with van der Waals surface area (Å²) >= 11 is 0. The van der Waals surface area contributed by atoms with Crippen molar-refractivity contribution in [2.24, 2.45) is 10.9 Å². The van der Waals surface area contributed by atoms with Gasteiger partial charge in [-0.25, -0.2) is 8.42 Å². The van der Waals surface area contributed by atoms with Gasteiger partial charge in [0.1, 0.15) is 0 Å². The minimum atomic E-state index is -3.05. The standard InChI is InChI=1S/C20H37N3O3S/c1-2-21-19(22-15-18(24)17-9-5-3-6-10-17)23-13-14-27(25,26)20(16-23)11-7-4-8-12-20/h17-18,24H,2-16H2,1H3,(H,21,22). The zero-order valence-electron chi connectivity index (χ0n) is 16.8. The number of aliphatic hydroxyl groups is 1. The fourth-order valence-electron chi connectivity index (χ4n) is 5.09. The van der Waals surface area contributed by atoms with Crippen molar-refractivity contribution in [1.82, 2.24) is 10.2 Å². The number of nitrogens with one attached hydrogen (secondary N) is 1. The Morgan fingerprint density at radius 1 is 1.19 bits per heavy atom. The highest BCUT2D eigenvalue weighted by Crippen LogP contribution is 2.38. The third kappa shape index (κ3) is 4.78. The molecule has 7 heteroatoms. The number of aliphatic imine (C=N–C) groups is 1. The van der Waals surface area contributed by atoms with E-state index in [9.17, 15) is 13.5 Å². The summed E-state index contributed by atoms with van der Waals surface area (Å²) in [5.74, 6) is 1.34. The molecule has 1 unspecified atom stereocenters. The van der Waals surface area contributed by atoms with Gasteiger partial charge in [0.15, 0.2) is 15.8 Å². The molecule has 6 nitrogen and oxygen atoms in total. The third-order valence-corrected chi connectivity index (χ3v) is 9.37. The van der Waals surface area contributed by atoms with Crippen molar-refractivity contribution in [1.29, 1.82) is 0 Å². The van der Waals surface area contributed by atoms with Crippen molar-refractivity contribution >= 4 is 15.8 Å². The first-order chi connectivity index (χ1) is 13.0. The molecule has 3 aliphatic rings. The SMILES string of the molecule is CCNC(=NCC(O)C1CCCCC1)N1CCS(=O)(=O)C2(CCCCC2)C1. The summed E-state index contributed by atoms with van der Waals surface area (Å²) < 4.78 is 25.1. The molecule has 3 fully saturated rings. The molecule has 0 bridgehead atoms. The van der Waals surface area contributed by atoms with Crippen molar-refractivity contribution in [3.05, 3.63) is 0 Å². The molecule has 1 spiro atoms. The highest BCUT2D eigenvalue weighted by Gasteiger charge is 2.48. The van der Waals surface area contributed by atoms with Crippen LogP contribution in [0.5, 0.6) is 0 Å². The number of rotatable bonds is 4. The van der Waals surface area contributed by atoms with Crippen molar-refractivity contribution in [2.45, 2.75) is 82.0 Å². The zero-order valence-corrected chi connectivity index (χ0v) is 17.6. The van der Waals surface area contributed by atoms with E-state index in [1.807, 2.05) is 6.92 Å². The lowest BCUT2D eigenvalue weighted by Gasteiger charge is -2.45. The third-order valence-electron chi connectivity index (χ3n) is 6.79. The van der Waals surface area contributed by atoms with E-state index in [4.69, 9.17) is 4.99 Å². The summed E-state index contributed by atoms with van der Waals surface area (Å²) in [7, 11) is -3.05. The Bertz CT molecular complexity index is 608. The fourth-order valence-corrected chi connectivity index (χ4v) is 7.25. The summed E-state index contributed by atoms with van der Waals surface area (Å²) in [5.41, 5.74) is 0. The van der Waals surface area contributed by atoms with Crippen LogP contribution in [0.2, 0.25) is 0 Å². The van der Waals surface area contributed by atoms with E-state index in [0.717, 1.165) is 57.5 Å². The number of sulfone groups is 1. The molecule has 2 saturated carbocycles. The van der Waals surface area contributed by atoms with Crippen LogP contribution in [0, 0.1) is 5.92 Å². The first-order valence-corrected chi connectivity index (χ1v) is 12.6. The number of hydrogen-bond donors (Lipinski definition) is 2. The fraction of sp³-hybridized carbons (Fsp3) is 0.950. The van der Waals surface area contributed by atoms with E-state index < -0.39 is 20.7 Å². The number of nitrogens with zero attached hydrogens (tertiary/aromatic N) is 2. The molecule has 0 radical (unpaired) electrons. The predicted octanol–water partition coefficient (Wildman–Crippen LogP) is 2.33. The lowest BCUT2D eigenvalue weighted by Crippen LogP contribution is -2.60. The zero-order chi connectivity index (χ0) is 19.3. The second-order valence-electron chi connectivity index (χ2n) is 8.64. The molecule has 27 heavy (non-hydrogen) atoms. The Balaban J connectivity index is 1.70. The summed E-state index contributed by atoms with van der Waals surface area (Å²) in [5, 5.41) is 13.9. The van der Waals surface area contributed by atoms with E-state index >= 15 is 0 Å². The maximum Gasteiger partial charge on any atom is 0.194 e.